The lowest BCUT2D eigenvalue weighted by Gasteiger charge is -2.21. The highest BCUT2D eigenvalue weighted by Crippen LogP contribution is 2.38. The standard InChI is InChI=1S/C11H10N4S/c1-6-12-4-7-3-8-10(14-5-13-8)11(16-2)9(7)15-6/h3-5,11H,1-2H3. The quantitative estimate of drug-likeness (QED) is 0.741. The Balaban J connectivity index is 2.22. The molecule has 1 aromatic heterocycles. The molecule has 80 valence electrons. The number of nitrogens with zero attached hydrogens (tertiary/aromatic N) is 4. The van der Waals surface area contributed by atoms with Crippen LogP contribution in [0.1, 0.15) is 22.3 Å². The number of fused-ring (bicyclic) bond motifs is 2. The minimum Gasteiger partial charge on any atom is -0.241 e. The number of rotatable bonds is 1. The highest BCUT2D eigenvalue weighted by molar-refractivity contribution is 7.99. The van der Waals surface area contributed by atoms with Crippen molar-refractivity contribution in [2.45, 2.75) is 12.2 Å². The van der Waals surface area contributed by atoms with Crippen LogP contribution in [0.4, 0.5) is 0 Å². The Morgan fingerprint density at radius 2 is 2.25 bits per heavy atom. The highest BCUT2D eigenvalue weighted by atomic mass is 32.2. The molecule has 0 saturated carbocycles. The molecule has 0 fully saturated rings. The molecule has 5 heteroatoms. The van der Waals surface area contributed by atoms with Gasteiger partial charge in [0, 0.05) is 11.8 Å². The Kier molecular flexibility index (Phi) is 2.14. The van der Waals surface area contributed by atoms with Crippen molar-refractivity contribution >= 4 is 29.9 Å². The van der Waals surface area contributed by atoms with E-state index in [4.69, 9.17) is 0 Å². The SMILES string of the molecule is CSC1C2=NC=NC2=Cc2cnc(C)nc21. The molecule has 0 N–H and O–H groups in total. The molecule has 1 aliphatic heterocycles. The maximum Gasteiger partial charge on any atom is 0.125 e. The van der Waals surface area contributed by atoms with Crippen molar-refractivity contribution in [3.8, 4) is 0 Å². The van der Waals surface area contributed by atoms with E-state index >= 15 is 0 Å². The molecule has 3 rings (SSSR count). The first-order valence-electron chi connectivity index (χ1n) is 4.98. The van der Waals surface area contributed by atoms with Crippen molar-refractivity contribution in [3.63, 3.8) is 0 Å². The average Bonchev–Trinajstić information content (AvgIpc) is 2.73. The van der Waals surface area contributed by atoms with Crippen LogP contribution in [0.5, 0.6) is 0 Å². The fourth-order valence-corrected chi connectivity index (χ4v) is 2.73. The smallest absolute Gasteiger partial charge is 0.125 e. The van der Waals surface area contributed by atoms with E-state index < -0.39 is 0 Å². The Labute approximate surface area is 97.6 Å². The molecule has 1 aliphatic carbocycles. The maximum absolute atomic E-state index is 4.51. The molecule has 0 aromatic carbocycles. The number of aliphatic imine (C=N–C) groups is 2. The summed E-state index contributed by atoms with van der Waals surface area (Å²) < 4.78 is 0. The number of allylic oxidation sites excluding steroid dienone is 1. The predicted octanol–water partition coefficient (Wildman–Crippen LogP) is 2.03. The maximum atomic E-state index is 4.51. The summed E-state index contributed by atoms with van der Waals surface area (Å²) in [6.45, 7) is 1.91. The summed E-state index contributed by atoms with van der Waals surface area (Å²) in [5.41, 5.74) is 4.06. The Hall–Kier alpha value is -1.49. The summed E-state index contributed by atoms with van der Waals surface area (Å²) in [5.74, 6) is 0.800. The van der Waals surface area contributed by atoms with Gasteiger partial charge in [-0.25, -0.2) is 20.0 Å². The van der Waals surface area contributed by atoms with E-state index in [1.165, 1.54) is 0 Å². The first-order chi connectivity index (χ1) is 7.79. The van der Waals surface area contributed by atoms with E-state index in [9.17, 15) is 0 Å². The van der Waals surface area contributed by atoms with Gasteiger partial charge in [-0.1, -0.05) is 0 Å². The summed E-state index contributed by atoms with van der Waals surface area (Å²) in [7, 11) is 0. The fraction of sp³-hybridized carbons (Fsp3) is 0.273. The van der Waals surface area contributed by atoms with Gasteiger partial charge in [-0.2, -0.15) is 0 Å². The van der Waals surface area contributed by atoms with E-state index in [1.54, 1.807) is 18.1 Å². The summed E-state index contributed by atoms with van der Waals surface area (Å²) in [5, 5.41) is 0.180. The summed E-state index contributed by atoms with van der Waals surface area (Å²) in [6, 6.07) is 0. The van der Waals surface area contributed by atoms with Gasteiger partial charge in [-0.05, 0) is 19.3 Å². The van der Waals surface area contributed by atoms with Crippen molar-refractivity contribution < 1.29 is 0 Å². The second-order valence-corrected chi connectivity index (χ2v) is 4.60. The lowest BCUT2D eigenvalue weighted by molar-refractivity contribution is 0.972. The minimum absolute atomic E-state index is 0.180. The van der Waals surface area contributed by atoms with Crippen LogP contribution in [0.25, 0.3) is 6.08 Å². The molecule has 16 heavy (non-hydrogen) atoms. The van der Waals surface area contributed by atoms with Crippen LogP contribution in [0.3, 0.4) is 0 Å². The van der Waals surface area contributed by atoms with Crippen LogP contribution in [-0.2, 0) is 0 Å². The lowest BCUT2D eigenvalue weighted by atomic mass is 9.99. The summed E-state index contributed by atoms with van der Waals surface area (Å²) in [4.78, 5) is 17.3. The van der Waals surface area contributed by atoms with Crippen molar-refractivity contribution in [2.24, 2.45) is 9.98 Å². The lowest BCUT2D eigenvalue weighted by Crippen LogP contribution is -2.17. The summed E-state index contributed by atoms with van der Waals surface area (Å²) in [6.07, 6.45) is 7.54. The predicted molar refractivity (Wildman–Crippen MR) is 66.9 cm³/mol. The zero-order chi connectivity index (χ0) is 11.1. The number of hydrogen-bond donors (Lipinski definition) is 0. The average molecular weight is 230 g/mol. The molecular weight excluding hydrogens is 220 g/mol. The Morgan fingerprint density at radius 3 is 3.06 bits per heavy atom. The third kappa shape index (κ3) is 1.31. The third-order valence-corrected chi connectivity index (χ3v) is 3.57. The number of hydrogen-bond acceptors (Lipinski definition) is 5. The molecule has 4 nitrogen and oxygen atoms in total. The molecule has 0 spiro atoms. The molecule has 1 aromatic rings. The second kappa shape index (κ2) is 3.52. The van der Waals surface area contributed by atoms with Crippen molar-refractivity contribution in [3.05, 3.63) is 29.0 Å². The second-order valence-electron chi connectivity index (χ2n) is 3.66. The highest BCUT2D eigenvalue weighted by Gasteiger charge is 2.30. The van der Waals surface area contributed by atoms with Crippen LogP contribution < -0.4 is 0 Å². The van der Waals surface area contributed by atoms with Crippen molar-refractivity contribution in [2.75, 3.05) is 6.26 Å². The van der Waals surface area contributed by atoms with Crippen molar-refractivity contribution in [1.82, 2.24) is 9.97 Å². The van der Waals surface area contributed by atoms with Gasteiger partial charge in [0.15, 0.2) is 0 Å². The molecule has 0 radical (unpaired) electrons. The molecule has 0 bridgehead atoms. The van der Waals surface area contributed by atoms with Gasteiger partial charge in [0.1, 0.15) is 12.2 Å². The van der Waals surface area contributed by atoms with E-state index in [1.807, 2.05) is 19.2 Å². The Bertz CT molecular complexity index is 545. The number of aryl methyl sites for hydroxylation is 1. The molecule has 0 amide bonds. The Morgan fingerprint density at radius 1 is 1.38 bits per heavy atom. The van der Waals surface area contributed by atoms with Gasteiger partial charge in [0.25, 0.3) is 0 Å². The van der Waals surface area contributed by atoms with Crippen LogP contribution in [0.2, 0.25) is 0 Å². The van der Waals surface area contributed by atoms with Gasteiger partial charge in [-0.15, -0.1) is 11.8 Å². The number of aromatic nitrogens is 2. The topological polar surface area (TPSA) is 50.5 Å². The third-order valence-electron chi connectivity index (χ3n) is 2.65. The van der Waals surface area contributed by atoms with Gasteiger partial charge < -0.3 is 0 Å². The normalized spacial score (nSPS) is 21.2. The first-order valence-corrected chi connectivity index (χ1v) is 6.27. The van der Waals surface area contributed by atoms with Crippen molar-refractivity contribution in [1.29, 1.82) is 0 Å². The van der Waals surface area contributed by atoms with Gasteiger partial charge in [0.05, 0.1) is 22.4 Å². The zero-order valence-electron chi connectivity index (χ0n) is 9.01. The zero-order valence-corrected chi connectivity index (χ0v) is 9.82. The first kappa shape index (κ1) is 9.72. The monoisotopic (exact) mass is 230 g/mol. The number of thioether (sulfide) groups is 1. The molecule has 0 saturated heterocycles. The summed E-state index contributed by atoms with van der Waals surface area (Å²) >= 11 is 1.73. The minimum atomic E-state index is 0.180. The van der Waals surface area contributed by atoms with Crippen LogP contribution in [0, 0.1) is 6.92 Å². The molecule has 1 unspecified atom stereocenters. The van der Waals surface area contributed by atoms with E-state index in [0.717, 1.165) is 28.5 Å². The van der Waals surface area contributed by atoms with Crippen LogP contribution >= 0.6 is 11.8 Å². The van der Waals surface area contributed by atoms with E-state index in [2.05, 4.69) is 26.2 Å². The molecular formula is C11H10N4S. The molecule has 2 heterocycles. The van der Waals surface area contributed by atoms with Crippen LogP contribution in [0.15, 0.2) is 21.9 Å². The van der Waals surface area contributed by atoms with Gasteiger partial charge in [-0.3, -0.25) is 0 Å². The van der Waals surface area contributed by atoms with Gasteiger partial charge >= 0.3 is 0 Å². The molecule has 2 aliphatic rings. The van der Waals surface area contributed by atoms with Gasteiger partial charge in [0.2, 0.25) is 0 Å². The van der Waals surface area contributed by atoms with E-state index in [-0.39, 0.29) is 5.25 Å². The fourth-order valence-electron chi connectivity index (χ4n) is 1.92. The van der Waals surface area contributed by atoms with Crippen LogP contribution in [-0.4, -0.2) is 28.3 Å². The molecule has 1 atom stereocenters. The largest absolute Gasteiger partial charge is 0.241 e. The van der Waals surface area contributed by atoms with E-state index in [0.29, 0.717) is 0 Å².